The summed E-state index contributed by atoms with van der Waals surface area (Å²) in [6.45, 7) is 19.9. The van der Waals surface area contributed by atoms with Crippen molar-refractivity contribution < 1.29 is 9.90 Å². The monoisotopic (exact) mass is 442 g/mol. The Kier molecular flexibility index (Phi) is 4.85. The second-order valence-corrected chi connectivity index (χ2v) is 15.4. The fraction of sp³-hybridized carbons (Fsp3) is 0.967. The minimum absolute atomic E-state index is 0.0102. The van der Waals surface area contributed by atoms with Gasteiger partial charge in [0.1, 0.15) is 5.78 Å². The normalized spacial score (nSPS) is 59.4. The van der Waals surface area contributed by atoms with Crippen molar-refractivity contribution in [3.8, 4) is 0 Å². The fourth-order valence-corrected chi connectivity index (χ4v) is 11.1. The van der Waals surface area contributed by atoms with E-state index in [9.17, 15) is 9.90 Å². The lowest BCUT2D eigenvalue weighted by molar-refractivity contribution is -0.275. The van der Waals surface area contributed by atoms with Gasteiger partial charge >= 0.3 is 0 Å². The van der Waals surface area contributed by atoms with Crippen molar-refractivity contribution in [2.24, 2.45) is 56.2 Å². The van der Waals surface area contributed by atoms with Gasteiger partial charge in [-0.15, -0.1) is 0 Å². The highest BCUT2D eigenvalue weighted by Crippen LogP contribution is 2.78. The molecule has 0 aromatic rings. The average Bonchev–Trinajstić information content (AvgIpc) is 2.72. The third-order valence-electron chi connectivity index (χ3n) is 13.8. The van der Waals surface area contributed by atoms with Crippen LogP contribution in [0, 0.1) is 56.2 Å². The van der Waals surface area contributed by atoms with Crippen LogP contribution in [0.1, 0.15) is 120 Å². The van der Waals surface area contributed by atoms with Crippen LogP contribution >= 0.6 is 0 Å². The molecule has 0 amide bonds. The third kappa shape index (κ3) is 2.66. The second kappa shape index (κ2) is 6.64. The zero-order valence-electron chi connectivity index (χ0n) is 22.3. The van der Waals surface area contributed by atoms with Gasteiger partial charge in [-0.25, -0.2) is 0 Å². The lowest BCUT2D eigenvalue weighted by atomic mass is 9.30. The van der Waals surface area contributed by atoms with E-state index < -0.39 is 0 Å². The largest absolute Gasteiger partial charge is 0.393 e. The number of fused-ring (bicyclic) bond motifs is 7. The van der Waals surface area contributed by atoms with Gasteiger partial charge in [-0.2, -0.15) is 0 Å². The zero-order valence-corrected chi connectivity index (χ0v) is 22.3. The Morgan fingerprint density at radius 3 is 2.06 bits per heavy atom. The van der Waals surface area contributed by atoms with Crippen LogP contribution in [-0.4, -0.2) is 17.0 Å². The van der Waals surface area contributed by atoms with Crippen LogP contribution in [0.5, 0.6) is 0 Å². The molecule has 0 bridgehead atoms. The van der Waals surface area contributed by atoms with E-state index in [0.717, 1.165) is 25.2 Å². The van der Waals surface area contributed by atoms with Crippen LogP contribution in [0.3, 0.4) is 0 Å². The molecule has 0 unspecified atom stereocenters. The van der Waals surface area contributed by atoms with Crippen LogP contribution in [0.15, 0.2) is 0 Å². The Bertz CT molecular complexity index is 816. The van der Waals surface area contributed by atoms with Crippen molar-refractivity contribution in [2.75, 3.05) is 0 Å². The number of ketones is 1. The number of carbonyl (C=O) groups is 1. The number of carbonyl (C=O) groups excluding carboxylic acids is 1. The Labute approximate surface area is 197 Å². The van der Waals surface area contributed by atoms with Gasteiger partial charge in [0.15, 0.2) is 0 Å². The molecule has 0 aromatic heterocycles. The predicted octanol–water partition coefficient (Wildman–Crippen LogP) is 7.43. The SMILES string of the molecule is C[C@H]1C(=O)CC[C@H]2[C@]3(C)CC[C@@]4(C)[C@@H]5CC(C)(C)CC[C@]5(C)CC[C@]4(C)[C@H]3C[C@@H](O)[C@@]12C. The quantitative estimate of drug-likeness (QED) is 0.423. The summed E-state index contributed by atoms with van der Waals surface area (Å²) >= 11 is 0. The van der Waals surface area contributed by atoms with Gasteiger partial charge in [0.2, 0.25) is 0 Å². The van der Waals surface area contributed by atoms with E-state index in [1.54, 1.807) is 0 Å². The molecule has 10 atom stereocenters. The number of aliphatic hydroxyl groups is 1. The summed E-state index contributed by atoms with van der Waals surface area (Å²) in [4.78, 5) is 12.7. The van der Waals surface area contributed by atoms with Crippen molar-refractivity contribution in [1.82, 2.24) is 0 Å². The molecule has 5 aliphatic rings. The van der Waals surface area contributed by atoms with Gasteiger partial charge in [-0.1, -0.05) is 55.4 Å². The van der Waals surface area contributed by atoms with E-state index >= 15 is 0 Å². The lowest BCUT2D eigenvalue weighted by Gasteiger charge is -2.75. The van der Waals surface area contributed by atoms with Gasteiger partial charge in [-0.05, 0) is 103 Å². The molecule has 5 rings (SSSR count). The number of rotatable bonds is 0. The van der Waals surface area contributed by atoms with E-state index in [-0.39, 0.29) is 28.3 Å². The van der Waals surface area contributed by atoms with Crippen LogP contribution in [-0.2, 0) is 4.79 Å². The molecular weight excluding hydrogens is 392 g/mol. The highest BCUT2D eigenvalue weighted by molar-refractivity contribution is 5.82. The average molecular weight is 443 g/mol. The molecule has 0 heterocycles. The smallest absolute Gasteiger partial charge is 0.136 e. The van der Waals surface area contributed by atoms with Gasteiger partial charge in [0, 0.05) is 17.8 Å². The molecule has 2 heteroatoms. The van der Waals surface area contributed by atoms with Crippen LogP contribution in [0.2, 0.25) is 0 Å². The highest BCUT2D eigenvalue weighted by Gasteiger charge is 2.72. The molecule has 5 aliphatic carbocycles. The Hall–Kier alpha value is -0.370. The summed E-state index contributed by atoms with van der Waals surface area (Å²) in [7, 11) is 0. The molecule has 0 saturated heterocycles. The van der Waals surface area contributed by atoms with Crippen LogP contribution in [0.4, 0.5) is 0 Å². The third-order valence-corrected chi connectivity index (χ3v) is 13.8. The molecule has 1 N–H and O–H groups in total. The molecule has 0 aromatic carbocycles. The molecule has 5 fully saturated rings. The summed E-state index contributed by atoms with van der Waals surface area (Å²) in [5, 5.41) is 11.7. The van der Waals surface area contributed by atoms with Crippen molar-refractivity contribution >= 4 is 5.78 Å². The minimum atomic E-state index is -0.347. The summed E-state index contributed by atoms with van der Waals surface area (Å²) in [6.07, 6.45) is 11.7. The number of Topliss-reactive ketones (excluding diaryl/α,β-unsaturated/α-hetero) is 1. The molecule has 182 valence electrons. The number of aliphatic hydroxyl groups excluding tert-OH is 1. The van der Waals surface area contributed by atoms with E-state index in [1.807, 2.05) is 0 Å². The molecular formula is C30H50O2. The first-order valence-electron chi connectivity index (χ1n) is 13.8. The second-order valence-electron chi connectivity index (χ2n) is 15.4. The Balaban J connectivity index is 1.58. The summed E-state index contributed by atoms with van der Waals surface area (Å²) in [5.41, 5.74) is 1.58. The Morgan fingerprint density at radius 1 is 0.781 bits per heavy atom. The van der Waals surface area contributed by atoms with Crippen molar-refractivity contribution in [3.63, 3.8) is 0 Å². The molecule has 0 spiro atoms. The first-order valence-corrected chi connectivity index (χ1v) is 13.8. The molecule has 2 nitrogen and oxygen atoms in total. The van der Waals surface area contributed by atoms with E-state index in [0.29, 0.717) is 33.9 Å². The van der Waals surface area contributed by atoms with Crippen LogP contribution < -0.4 is 0 Å². The maximum Gasteiger partial charge on any atom is 0.136 e. The standard InChI is InChI=1S/C30H50O2/c1-19-20(31)9-10-21-27(5)14-16-29(7)23-18-25(2,3)11-12-26(23,4)13-15-28(29,6)22(27)17-24(32)30(19,21)8/h19,21-24,32H,9-18H2,1-8H3/t19-,21-,22-,23+,24+,26+,27-,28+,29-,30-/m0/s1. The minimum Gasteiger partial charge on any atom is -0.393 e. The fourth-order valence-electron chi connectivity index (χ4n) is 11.1. The van der Waals surface area contributed by atoms with Gasteiger partial charge in [0.25, 0.3) is 0 Å². The van der Waals surface area contributed by atoms with E-state index in [1.165, 1.54) is 44.9 Å². The number of hydrogen-bond donors (Lipinski definition) is 1. The first-order chi connectivity index (χ1) is 14.6. The molecule has 0 aliphatic heterocycles. The van der Waals surface area contributed by atoms with Crippen LogP contribution in [0.25, 0.3) is 0 Å². The number of hydrogen-bond acceptors (Lipinski definition) is 2. The Morgan fingerprint density at radius 2 is 1.38 bits per heavy atom. The molecule has 0 radical (unpaired) electrons. The first kappa shape index (κ1) is 23.4. The van der Waals surface area contributed by atoms with Crippen molar-refractivity contribution in [1.29, 1.82) is 0 Å². The summed E-state index contributed by atoms with van der Waals surface area (Å²) in [5.74, 6) is 2.20. The highest BCUT2D eigenvalue weighted by atomic mass is 16.3. The van der Waals surface area contributed by atoms with Gasteiger partial charge in [0.05, 0.1) is 6.10 Å². The van der Waals surface area contributed by atoms with E-state index in [2.05, 4.69) is 55.4 Å². The summed E-state index contributed by atoms with van der Waals surface area (Å²) in [6, 6.07) is 0. The van der Waals surface area contributed by atoms with Gasteiger partial charge < -0.3 is 5.11 Å². The zero-order chi connectivity index (χ0) is 23.5. The summed E-state index contributed by atoms with van der Waals surface area (Å²) < 4.78 is 0. The van der Waals surface area contributed by atoms with Crippen molar-refractivity contribution in [2.45, 2.75) is 126 Å². The molecule has 5 saturated carbocycles. The predicted molar refractivity (Wildman–Crippen MR) is 131 cm³/mol. The van der Waals surface area contributed by atoms with Gasteiger partial charge in [-0.3, -0.25) is 4.79 Å². The molecule has 32 heavy (non-hydrogen) atoms. The maximum atomic E-state index is 12.7. The maximum absolute atomic E-state index is 12.7. The van der Waals surface area contributed by atoms with E-state index in [4.69, 9.17) is 0 Å². The van der Waals surface area contributed by atoms with Crippen molar-refractivity contribution in [3.05, 3.63) is 0 Å². The lowest BCUT2D eigenvalue weighted by Crippen LogP contribution is -2.70. The topological polar surface area (TPSA) is 37.3 Å².